The Labute approximate surface area is 220 Å². The molecule has 3 heterocycles. The number of piperazine rings is 1. The summed E-state index contributed by atoms with van der Waals surface area (Å²) in [5.74, 6) is 1.34. The standard InChI is InChI=1S/C27H29ClN4O5/c28-23-17-19(1-6-25(23)36-22-9-11-29-12-10-22)18-30-13-15-31(16-14-30)27(33)26-8-7-24(37-26)20-2-4-21(5-3-20)32(34)35/h1-8,17,22,29H,9-16,18H2. The highest BCUT2D eigenvalue weighted by Crippen LogP contribution is 2.29. The van der Waals surface area contributed by atoms with Crippen molar-refractivity contribution >= 4 is 23.2 Å². The van der Waals surface area contributed by atoms with Gasteiger partial charge >= 0.3 is 0 Å². The van der Waals surface area contributed by atoms with Crippen LogP contribution in [0.2, 0.25) is 5.02 Å². The molecular weight excluding hydrogens is 496 g/mol. The van der Waals surface area contributed by atoms with E-state index >= 15 is 0 Å². The van der Waals surface area contributed by atoms with Crippen LogP contribution < -0.4 is 10.1 Å². The van der Waals surface area contributed by atoms with E-state index in [0.29, 0.717) is 29.4 Å². The Morgan fingerprint density at radius 1 is 1.05 bits per heavy atom. The molecule has 9 nitrogen and oxygen atoms in total. The van der Waals surface area contributed by atoms with Crippen molar-refractivity contribution in [2.75, 3.05) is 39.3 Å². The van der Waals surface area contributed by atoms with Crippen molar-refractivity contribution in [2.24, 2.45) is 0 Å². The number of carbonyl (C=O) groups is 1. The van der Waals surface area contributed by atoms with Gasteiger partial charge in [0.15, 0.2) is 5.76 Å². The zero-order valence-corrected chi connectivity index (χ0v) is 21.2. The van der Waals surface area contributed by atoms with Gasteiger partial charge in [-0.05, 0) is 67.9 Å². The van der Waals surface area contributed by atoms with E-state index < -0.39 is 4.92 Å². The second-order valence-corrected chi connectivity index (χ2v) is 9.78. The summed E-state index contributed by atoms with van der Waals surface area (Å²) < 4.78 is 11.9. The molecule has 10 heteroatoms. The number of nitrogens with one attached hydrogen (secondary N) is 1. The predicted octanol–water partition coefficient (Wildman–Crippen LogP) is 4.60. The van der Waals surface area contributed by atoms with Crippen molar-refractivity contribution in [1.82, 2.24) is 15.1 Å². The highest BCUT2D eigenvalue weighted by molar-refractivity contribution is 6.32. The van der Waals surface area contributed by atoms with Gasteiger partial charge in [-0.15, -0.1) is 0 Å². The second-order valence-electron chi connectivity index (χ2n) is 9.37. The second kappa shape index (κ2) is 11.3. The molecule has 0 aliphatic carbocycles. The summed E-state index contributed by atoms with van der Waals surface area (Å²) in [6.45, 7) is 5.36. The van der Waals surface area contributed by atoms with Gasteiger partial charge in [-0.1, -0.05) is 17.7 Å². The number of carbonyl (C=O) groups excluding carboxylic acids is 1. The van der Waals surface area contributed by atoms with E-state index in [4.69, 9.17) is 20.8 Å². The first-order valence-electron chi connectivity index (χ1n) is 12.5. The van der Waals surface area contributed by atoms with Crippen LogP contribution in [0.1, 0.15) is 29.0 Å². The van der Waals surface area contributed by atoms with Gasteiger partial charge in [-0.2, -0.15) is 0 Å². The van der Waals surface area contributed by atoms with Crippen LogP contribution in [0.5, 0.6) is 5.75 Å². The highest BCUT2D eigenvalue weighted by Gasteiger charge is 2.25. The minimum absolute atomic E-state index is 0.00763. The number of furan rings is 1. The van der Waals surface area contributed by atoms with Crippen molar-refractivity contribution in [2.45, 2.75) is 25.5 Å². The topological polar surface area (TPSA) is 101 Å². The lowest BCUT2D eigenvalue weighted by atomic mass is 10.1. The first kappa shape index (κ1) is 25.3. The van der Waals surface area contributed by atoms with Crippen LogP contribution in [-0.4, -0.2) is 66.0 Å². The van der Waals surface area contributed by atoms with E-state index in [1.54, 1.807) is 29.2 Å². The summed E-state index contributed by atoms with van der Waals surface area (Å²) in [7, 11) is 0. The fourth-order valence-corrected chi connectivity index (χ4v) is 4.96. The highest BCUT2D eigenvalue weighted by atomic mass is 35.5. The third-order valence-electron chi connectivity index (χ3n) is 6.82. The van der Waals surface area contributed by atoms with Crippen molar-refractivity contribution in [1.29, 1.82) is 0 Å². The Morgan fingerprint density at radius 2 is 1.78 bits per heavy atom. The predicted molar refractivity (Wildman–Crippen MR) is 140 cm³/mol. The number of non-ortho nitro benzene ring substituents is 1. The Morgan fingerprint density at radius 3 is 2.46 bits per heavy atom. The summed E-state index contributed by atoms with van der Waals surface area (Å²) in [6, 6.07) is 15.4. The van der Waals surface area contributed by atoms with E-state index in [-0.39, 0.29) is 23.5 Å². The molecule has 3 aromatic rings. The Kier molecular flexibility index (Phi) is 7.73. The molecule has 0 bridgehead atoms. The van der Waals surface area contributed by atoms with Gasteiger partial charge < -0.3 is 19.4 Å². The number of halogens is 1. The van der Waals surface area contributed by atoms with Gasteiger partial charge in [-0.25, -0.2) is 0 Å². The van der Waals surface area contributed by atoms with Crippen LogP contribution >= 0.6 is 11.6 Å². The van der Waals surface area contributed by atoms with Crippen molar-refractivity contribution in [3.05, 3.63) is 81.1 Å². The lowest BCUT2D eigenvalue weighted by Gasteiger charge is -2.34. The van der Waals surface area contributed by atoms with Crippen molar-refractivity contribution in [3.63, 3.8) is 0 Å². The third-order valence-corrected chi connectivity index (χ3v) is 7.12. The molecule has 2 aliphatic rings. The van der Waals surface area contributed by atoms with Crippen molar-refractivity contribution < 1.29 is 18.9 Å². The van der Waals surface area contributed by atoms with Crippen LogP contribution in [-0.2, 0) is 6.54 Å². The molecule has 2 fully saturated rings. The number of hydrogen-bond donors (Lipinski definition) is 1. The van der Waals surface area contributed by atoms with Gasteiger partial charge in [0.25, 0.3) is 11.6 Å². The minimum Gasteiger partial charge on any atom is -0.489 e. The molecule has 194 valence electrons. The average Bonchev–Trinajstić information content (AvgIpc) is 3.41. The summed E-state index contributed by atoms with van der Waals surface area (Å²) >= 11 is 6.51. The van der Waals surface area contributed by atoms with E-state index in [1.807, 2.05) is 12.1 Å². The number of piperidine rings is 1. The van der Waals surface area contributed by atoms with Gasteiger partial charge in [0.2, 0.25) is 0 Å². The zero-order chi connectivity index (χ0) is 25.8. The molecule has 2 saturated heterocycles. The van der Waals surface area contributed by atoms with Gasteiger partial charge in [-0.3, -0.25) is 19.8 Å². The number of amides is 1. The molecule has 1 amide bonds. The van der Waals surface area contributed by atoms with E-state index in [0.717, 1.165) is 56.9 Å². The largest absolute Gasteiger partial charge is 0.489 e. The average molecular weight is 525 g/mol. The monoisotopic (exact) mass is 524 g/mol. The number of nitro groups is 1. The SMILES string of the molecule is O=C(c1ccc(-c2ccc([N+](=O)[O-])cc2)o1)N1CCN(Cc2ccc(OC3CCNCC3)c(Cl)c2)CC1. The number of benzene rings is 2. The summed E-state index contributed by atoms with van der Waals surface area (Å²) in [5, 5.41) is 14.8. The molecule has 0 saturated carbocycles. The molecule has 0 atom stereocenters. The maximum absolute atomic E-state index is 13.0. The summed E-state index contributed by atoms with van der Waals surface area (Å²) in [4.78, 5) is 27.5. The number of ether oxygens (including phenoxy) is 1. The molecule has 2 aromatic carbocycles. The smallest absolute Gasteiger partial charge is 0.289 e. The van der Waals surface area contributed by atoms with E-state index in [9.17, 15) is 14.9 Å². The molecule has 37 heavy (non-hydrogen) atoms. The first-order chi connectivity index (χ1) is 18.0. The van der Waals surface area contributed by atoms with Crippen molar-refractivity contribution in [3.8, 4) is 17.1 Å². The lowest BCUT2D eigenvalue weighted by molar-refractivity contribution is -0.384. The Bertz CT molecular complexity index is 1250. The quantitative estimate of drug-likeness (QED) is 0.356. The van der Waals surface area contributed by atoms with Gasteiger partial charge in [0.05, 0.1) is 9.95 Å². The molecule has 1 aromatic heterocycles. The molecule has 0 unspecified atom stereocenters. The minimum atomic E-state index is -0.450. The van der Waals surface area contributed by atoms with Gasteiger partial charge in [0.1, 0.15) is 17.6 Å². The Balaban J connectivity index is 1.13. The molecule has 0 spiro atoms. The van der Waals surface area contributed by atoms with Crippen LogP contribution in [0.4, 0.5) is 5.69 Å². The number of hydrogen-bond acceptors (Lipinski definition) is 7. The van der Waals surface area contributed by atoms with Crippen LogP contribution in [0.15, 0.2) is 59.0 Å². The summed E-state index contributed by atoms with van der Waals surface area (Å²) in [5.41, 5.74) is 1.80. The number of nitro benzene ring substituents is 1. The molecule has 2 aliphatic heterocycles. The Hall–Kier alpha value is -3.40. The third kappa shape index (κ3) is 6.12. The molecule has 1 N–H and O–H groups in total. The fourth-order valence-electron chi connectivity index (χ4n) is 4.71. The maximum atomic E-state index is 13.0. The fraction of sp³-hybridized carbons (Fsp3) is 0.370. The number of nitrogens with zero attached hydrogens (tertiary/aromatic N) is 3. The molecule has 0 radical (unpaired) electrons. The first-order valence-corrected chi connectivity index (χ1v) is 12.9. The van der Waals surface area contributed by atoms with E-state index in [2.05, 4.69) is 16.3 Å². The maximum Gasteiger partial charge on any atom is 0.289 e. The van der Waals surface area contributed by atoms with Gasteiger partial charge in [0, 0.05) is 50.4 Å². The van der Waals surface area contributed by atoms with Crippen LogP contribution in [0, 0.1) is 10.1 Å². The zero-order valence-electron chi connectivity index (χ0n) is 20.4. The summed E-state index contributed by atoms with van der Waals surface area (Å²) in [6.07, 6.45) is 2.17. The van der Waals surface area contributed by atoms with Crippen LogP contribution in [0.25, 0.3) is 11.3 Å². The lowest BCUT2D eigenvalue weighted by Crippen LogP contribution is -2.48. The number of rotatable bonds is 7. The molecule has 5 rings (SSSR count). The van der Waals surface area contributed by atoms with E-state index in [1.165, 1.54) is 12.1 Å². The molecular formula is C27H29ClN4O5. The normalized spacial score (nSPS) is 17.1. The van der Waals surface area contributed by atoms with Crippen LogP contribution in [0.3, 0.4) is 0 Å².